The second kappa shape index (κ2) is 14.6. The number of anilines is 1. The van der Waals surface area contributed by atoms with Crippen molar-refractivity contribution in [2.75, 3.05) is 10.8 Å². The summed E-state index contributed by atoms with van der Waals surface area (Å²) < 4.78 is 28.7. The minimum Gasteiger partial charge on any atom is -0.352 e. The van der Waals surface area contributed by atoms with Crippen molar-refractivity contribution in [3.8, 4) is 0 Å². The van der Waals surface area contributed by atoms with Crippen LogP contribution in [0.1, 0.15) is 39.2 Å². The van der Waals surface area contributed by atoms with Crippen molar-refractivity contribution >= 4 is 73.9 Å². The normalized spacial score (nSPS) is 12.9. The lowest BCUT2D eigenvalue weighted by molar-refractivity contribution is -0.140. The Hall–Kier alpha value is -2.49. The summed E-state index contributed by atoms with van der Waals surface area (Å²) in [6.45, 7) is 4.94. The Morgan fingerprint density at radius 1 is 0.854 bits per heavy atom. The van der Waals surface area contributed by atoms with E-state index in [1.807, 2.05) is 13.8 Å². The molecule has 0 aliphatic carbocycles. The Labute approximate surface area is 261 Å². The predicted octanol–water partition coefficient (Wildman–Crippen LogP) is 7.22. The van der Waals surface area contributed by atoms with Crippen LogP contribution in [0.4, 0.5) is 5.69 Å². The molecule has 0 radical (unpaired) electrons. The molecule has 3 rings (SSSR count). The van der Waals surface area contributed by atoms with Crippen molar-refractivity contribution in [3.63, 3.8) is 0 Å². The first kappa shape index (κ1) is 33.0. The van der Waals surface area contributed by atoms with Gasteiger partial charge in [0.15, 0.2) is 0 Å². The standard InChI is InChI=1S/C29H31Cl4N3O4S/c1-4-19(3)34-29(38)26(5-2)35(17-20-11-13-23(31)24(32)15-20)28(37)18-36(27-14-12-21(30)16-25(27)33)41(39,40)22-9-7-6-8-10-22/h6-16,19,26H,4-5,17-18H2,1-3H3,(H,34,38). The van der Waals surface area contributed by atoms with Crippen molar-refractivity contribution < 1.29 is 18.0 Å². The number of nitrogens with one attached hydrogen (secondary N) is 1. The molecule has 0 aliphatic heterocycles. The highest BCUT2D eigenvalue weighted by molar-refractivity contribution is 7.92. The maximum Gasteiger partial charge on any atom is 0.264 e. The van der Waals surface area contributed by atoms with E-state index in [1.165, 1.54) is 35.2 Å². The lowest BCUT2D eigenvalue weighted by Gasteiger charge is -2.34. The van der Waals surface area contributed by atoms with Crippen LogP contribution in [0.15, 0.2) is 71.6 Å². The smallest absolute Gasteiger partial charge is 0.264 e. The zero-order valence-electron chi connectivity index (χ0n) is 22.8. The van der Waals surface area contributed by atoms with Gasteiger partial charge in [-0.15, -0.1) is 0 Å². The van der Waals surface area contributed by atoms with Crippen LogP contribution in [0.2, 0.25) is 20.1 Å². The van der Waals surface area contributed by atoms with Crippen LogP contribution in [0.25, 0.3) is 0 Å². The minimum absolute atomic E-state index is 0.0181. The quantitative estimate of drug-likeness (QED) is 0.223. The van der Waals surface area contributed by atoms with E-state index in [1.54, 1.807) is 43.3 Å². The van der Waals surface area contributed by atoms with Crippen molar-refractivity contribution in [1.82, 2.24) is 10.2 Å². The summed E-state index contributed by atoms with van der Waals surface area (Å²) in [6, 6.07) is 15.9. The lowest BCUT2D eigenvalue weighted by atomic mass is 10.1. The Kier molecular flexibility index (Phi) is 11.8. The molecule has 0 saturated carbocycles. The zero-order chi connectivity index (χ0) is 30.3. The van der Waals surface area contributed by atoms with E-state index in [9.17, 15) is 18.0 Å². The fourth-order valence-electron chi connectivity index (χ4n) is 4.11. The topological polar surface area (TPSA) is 86.8 Å². The van der Waals surface area contributed by atoms with Crippen LogP contribution in [0.5, 0.6) is 0 Å². The predicted molar refractivity (Wildman–Crippen MR) is 166 cm³/mol. The van der Waals surface area contributed by atoms with Crippen molar-refractivity contribution in [2.45, 2.75) is 57.1 Å². The van der Waals surface area contributed by atoms with Crippen molar-refractivity contribution in [1.29, 1.82) is 0 Å². The third-order valence-corrected chi connectivity index (χ3v) is 9.56. The molecule has 0 spiro atoms. The molecule has 0 fully saturated rings. The van der Waals surface area contributed by atoms with Gasteiger partial charge in [-0.05, 0) is 67.8 Å². The Morgan fingerprint density at radius 2 is 1.54 bits per heavy atom. The molecular weight excluding hydrogens is 628 g/mol. The minimum atomic E-state index is -4.26. The Balaban J connectivity index is 2.10. The monoisotopic (exact) mass is 657 g/mol. The van der Waals surface area contributed by atoms with Crippen LogP contribution in [-0.2, 0) is 26.2 Å². The fraction of sp³-hybridized carbons (Fsp3) is 0.310. The van der Waals surface area contributed by atoms with Crippen molar-refractivity contribution in [2.24, 2.45) is 0 Å². The van der Waals surface area contributed by atoms with Gasteiger partial charge in [-0.25, -0.2) is 8.42 Å². The van der Waals surface area contributed by atoms with Gasteiger partial charge in [0.25, 0.3) is 10.0 Å². The zero-order valence-corrected chi connectivity index (χ0v) is 26.6. The Bertz CT molecular complexity index is 1490. The van der Waals surface area contributed by atoms with Crippen LogP contribution >= 0.6 is 46.4 Å². The second-order valence-corrected chi connectivity index (χ2v) is 13.0. The maximum atomic E-state index is 14.1. The summed E-state index contributed by atoms with van der Waals surface area (Å²) in [7, 11) is -4.26. The first-order valence-corrected chi connectivity index (χ1v) is 15.9. The number of rotatable bonds is 12. The van der Waals surface area contributed by atoms with Crippen LogP contribution in [0, 0.1) is 0 Å². The number of hydrogen-bond acceptors (Lipinski definition) is 4. The highest BCUT2D eigenvalue weighted by Crippen LogP contribution is 2.33. The van der Waals surface area contributed by atoms with Gasteiger partial charge in [-0.3, -0.25) is 13.9 Å². The van der Waals surface area contributed by atoms with Gasteiger partial charge in [0.1, 0.15) is 12.6 Å². The molecule has 3 aromatic carbocycles. The van der Waals surface area contributed by atoms with Gasteiger partial charge >= 0.3 is 0 Å². The molecule has 2 atom stereocenters. The molecule has 2 unspecified atom stereocenters. The number of carbonyl (C=O) groups is 2. The molecule has 0 heterocycles. The molecule has 0 aromatic heterocycles. The molecule has 12 heteroatoms. The number of carbonyl (C=O) groups excluding carboxylic acids is 2. The molecule has 0 aliphatic rings. The third kappa shape index (κ3) is 8.30. The van der Waals surface area contributed by atoms with E-state index in [4.69, 9.17) is 46.4 Å². The number of hydrogen-bond donors (Lipinski definition) is 1. The number of benzene rings is 3. The van der Waals surface area contributed by atoms with Crippen molar-refractivity contribution in [3.05, 3.63) is 92.4 Å². The largest absolute Gasteiger partial charge is 0.352 e. The third-order valence-electron chi connectivity index (χ3n) is 6.51. The van der Waals surface area contributed by atoms with Gasteiger partial charge in [-0.1, -0.05) is 84.5 Å². The first-order chi connectivity index (χ1) is 19.4. The summed E-state index contributed by atoms with van der Waals surface area (Å²) in [6.07, 6.45) is 0.976. The lowest BCUT2D eigenvalue weighted by Crippen LogP contribution is -2.53. The molecule has 0 bridgehead atoms. The molecule has 0 saturated heterocycles. The summed E-state index contributed by atoms with van der Waals surface area (Å²) in [5.41, 5.74) is 0.685. The van der Waals surface area contributed by atoms with Crippen LogP contribution in [0.3, 0.4) is 0 Å². The molecule has 2 amide bonds. The molecule has 3 aromatic rings. The molecular formula is C29H31Cl4N3O4S. The average Bonchev–Trinajstić information content (AvgIpc) is 2.94. The summed E-state index contributed by atoms with van der Waals surface area (Å²) >= 11 is 24.9. The number of sulfonamides is 1. The SMILES string of the molecule is CCC(C)NC(=O)C(CC)N(Cc1ccc(Cl)c(Cl)c1)C(=O)CN(c1ccc(Cl)cc1Cl)S(=O)(=O)c1ccccc1. The van der Waals surface area contributed by atoms with Gasteiger partial charge in [0.2, 0.25) is 11.8 Å². The molecule has 7 nitrogen and oxygen atoms in total. The number of halogens is 4. The van der Waals surface area contributed by atoms with Crippen LogP contribution < -0.4 is 9.62 Å². The average molecular weight is 659 g/mol. The number of amides is 2. The van der Waals surface area contributed by atoms with E-state index < -0.39 is 28.5 Å². The van der Waals surface area contributed by atoms with Gasteiger partial charge in [0.05, 0.1) is 25.7 Å². The Morgan fingerprint density at radius 3 is 2.12 bits per heavy atom. The van der Waals surface area contributed by atoms with Crippen LogP contribution in [-0.4, -0.2) is 43.8 Å². The van der Waals surface area contributed by atoms with Gasteiger partial charge in [0, 0.05) is 17.6 Å². The summed E-state index contributed by atoms with van der Waals surface area (Å²) in [4.78, 5) is 28.8. The summed E-state index contributed by atoms with van der Waals surface area (Å²) in [5.74, 6) is -0.968. The summed E-state index contributed by atoms with van der Waals surface area (Å²) in [5, 5.41) is 3.90. The van der Waals surface area contributed by atoms with E-state index in [0.29, 0.717) is 22.0 Å². The second-order valence-electron chi connectivity index (χ2n) is 9.43. The number of nitrogens with zero attached hydrogens (tertiary/aromatic N) is 2. The molecule has 1 N–H and O–H groups in total. The maximum absolute atomic E-state index is 14.1. The fourth-order valence-corrected chi connectivity index (χ4v) is 6.45. The highest BCUT2D eigenvalue weighted by atomic mass is 35.5. The van der Waals surface area contributed by atoms with Gasteiger partial charge in [-0.2, -0.15) is 0 Å². The first-order valence-electron chi connectivity index (χ1n) is 13.0. The van der Waals surface area contributed by atoms with Gasteiger partial charge < -0.3 is 10.2 Å². The molecule has 220 valence electrons. The van der Waals surface area contributed by atoms with E-state index in [2.05, 4.69) is 5.32 Å². The highest BCUT2D eigenvalue weighted by Gasteiger charge is 2.34. The molecule has 41 heavy (non-hydrogen) atoms. The van der Waals surface area contributed by atoms with E-state index >= 15 is 0 Å². The van der Waals surface area contributed by atoms with E-state index in [0.717, 1.165) is 4.31 Å². The van der Waals surface area contributed by atoms with E-state index in [-0.39, 0.29) is 45.5 Å².